The van der Waals surface area contributed by atoms with Crippen molar-refractivity contribution in [1.82, 2.24) is 4.57 Å². The van der Waals surface area contributed by atoms with Crippen LogP contribution in [0.3, 0.4) is 0 Å². The Hall–Kier alpha value is -3.32. The number of para-hydroxylation sites is 2. The van der Waals surface area contributed by atoms with Gasteiger partial charge in [0.05, 0.1) is 0 Å². The summed E-state index contributed by atoms with van der Waals surface area (Å²) in [5, 5.41) is 2.69. The van der Waals surface area contributed by atoms with Gasteiger partial charge in [0, 0.05) is 27.3 Å². The van der Waals surface area contributed by atoms with Crippen LogP contribution in [0.25, 0.3) is 32.9 Å². The summed E-state index contributed by atoms with van der Waals surface area (Å²) in [5.41, 5.74) is 8.99. The van der Waals surface area contributed by atoms with Gasteiger partial charge in [0.25, 0.3) is 0 Å². The third-order valence-corrected chi connectivity index (χ3v) is 5.96. The first-order valence-corrected chi connectivity index (χ1v) is 12.7. The molecule has 180 valence electrons. The number of nitrogens with zero attached hydrogens (tertiary/aromatic N) is 1. The number of aromatic nitrogens is 1. The zero-order valence-electron chi connectivity index (χ0n) is 22.4. The molecular weight excluding hydrogens is 422 g/mol. The van der Waals surface area contributed by atoms with Crippen molar-refractivity contribution >= 4 is 21.8 Å². The van der Waals surface area contributed by atoms with Gasteiger partial charge in [-0.15, -0.1) is 0 Å². The molecule has 0 unspecified atom stereocenters. The Bertz CT molecular complexity index is 1330. The van der Waals surface area contributed by atoms with Crippen LogP contribution < -0.4 is 0 Å². The van der Waals surface area contributed by atoms with E-state index in [2.05, 4.69) is 150 Å². The van der Waals surface area contributed by atoms with Crippen LogP contribution in [0.4, 0.5) is 0 Å². The smallest absolute Gasteiger partial charge is 0.0496 e. The molecule has 1 aromatic heterocycles. The van der Waals surface area contributed by atoms with Crippen molar-refractivity contribution in [3.63, 3.8) is 0 Å². The summed E-state index contributed by atoms with van der Waals surface area (Å²) in [4.78, 5) is 0. The molecule has 1 heteroatoms. The second-order valence-electron chi connectivity index (χ2n) is 12.0. The van der Waals surface area contributed by atoms with Gasteiger partial charge in [-0.05, 0) is 67.0 Å². The van der Waals surface area contributed by atoms with E-state index in [-0.39, 0.29) is 5.54 Å². The van der Waals surface area contributed by atoms with E-state index >= 15 is 0 Å². The van der Waals surface area contributed by atoms with E-state index < -0.39 is 0 Å². The molecule has 0 atom stereocenters. The highest BCUT2D eigenvalue weighted by molar-refractivity contribution is 6.08. The molecule has 0 fully saturated rings. The molecule has 0 aliphatic heterocycles. The van der Waals surface area contributed by atoms with Crippen molar-refractivity contribution in [2.45, 2.75) is 60.4 Å². The van der Waals surface area contributed by atoms with Crippen molar-refractivity contribution < 1.29 is 0 Å². The first kappa shape index (κ1) is 24.8. The van der Waals surface area contributed by atoms with Crippen molar-refractivity contribution in [3.05, 3.63) is 108 Å². The monoisotopic (exact) mass is 461 g/mol. The number of hydrogen-bond donors (Lipinski definition) is 0. The van der Waals surface area contributed by atoms with E-state index in [4.69, 9.17) is 0 Å². The molecule has 0 spiro atoms. The maximum absolute atomic E-state index is 2.43. The minimum absolute atomic E-state index is 0.0999. The second kappa shape index (κ2) is 9.74. The highest BCUT2D eigenvalue weighted by Gasteiger charge is 2.19. The van der Waals surface area contributed by atoms with E-state index in [1.807, 2.05) is 0 Å². The third-order valence-electron chi connectivity index (χ3n) is 5.96. The average Bonchev–Trinajstić information content (AvgIpc) is 3.34. The standard InChI is InChI=1S/C16H17N.C13H10.C5H12/c1-16(2,3)17-14-10-6-4-8-12(14)13-9-5-7-11-15(13)17;1-3-7-12-10(5-1)9-11-6-2-4-8-13(11)12;1-5(2,3)4/h4-11H,1-3H3;1-8H,9H2;1-4H3. The molecule has 1 aliphatic carbocycles. The van der Waals surface area contributed by atoms with Gasteiger partial charge in [0.1, 0.15) is 0 Å². The zero-order valence-corrected chi connectivity index (χ0v) is 22.4. The van der Waals surface area contributed by atoms with Crippen LogP contribution >= 0.6 is 0 Å². The average molecular weight is 462 g/mol. The second-order valence-corrected chi connectivity index (χ2v) is 12.0. The summed E-state index contributed by atoms with van der Waals surface area (Å²) in [6, 6.07) is 34.6. The zero-order chi connectivity index (χ0) is 25.2. The van der Waals surface area contributed by atoms with Gasteiger partial charge in [-0.25, -0.2) is 0 Å². The minimum Gasteiger partial charge on any atom is -0.335 e. The first-order valence-electron chi connectivity index (χ1n) is 12.7. The fourth-order valence-corrected chi connectivity index (χ4v) is 4.72. The van der Waals surface area contributed by atoms with Crippen LogP contribution in [0, 0.1) is 5.41 Å². The van der Waals surface area contributed by atoms with Crippen LogP contribution in [0.15, 0.2) is 97.1 Å². The van der Waals surface area contributed by atoms with Gasteiger partial charge < -0.3 is 4.57 Å². The van der Waals surface area contributed by atoms with Gasteiger partial charge >= 0.3 is 0 Å². The molecule has 35 heavy (non-hydrogen) atoms. The number of benzene rings is 4. The van der Waals surface area contributed by atoms with E-state index in [9.17, 15) is 0 Å². The highest BCUT2D eigenvalue weighted by atomic mass is 15.0. The van der Waals surface area contributed by atoms with E-state index in [1.54, 1.807) is 0 Å². The molecule has 1 heterocycles. The van der Waals surface area contributed by atoms with Crippen molar-refractivity contribution in [1.29, 1.82) is 0 Å². The summed E-state index contributed by atoms with van der Waals surface area (Å²) in [6.07, 6.45) is 1.10. The van der Waals surface area contributed by atoms with Gasteiger partial charge in [-0.1, -0.05) is 113 Å². The predicted octanol–water partition coefficient (Wildman–Crippen LogP) is 9.86. The van der Waals surface area contributed by atoms with Crippen LogP contribution in [0.1, 0.15) is 59.6 Å². The number of rotatable bonds is 0. The van der Waals surface area contributed by atoms with E-state index in [0.717, 1.165) is 6.42 Å². The lowest BCUT2D eigenvalue weighted by Crippen LogP contribution is -2.21. The Morgan fingerprint density at radius 3 is 1.23 bits per heavy atom. The van der Waals surface area contributed by atoms with Gasteiger partial charge in [-0.3, -0.25) is 0 Å². The van der Waals surface area contributed by atoms with Crippen LogP contribution in [-0.4, -0.2) is 4.57 Å². The fraction of sp³-hybridized carbons (Fsp3) is 0.294. The minimum atomic E-state index is 0.0999. The molecule has 0 saturated heterocycles. The molecule has 4 aromatic carbocycles. The normalized spacial score (nSPS) is 12.3. The lowest BCUT2D eigenvalue weighted by atomic mass is 10.0. The maximum Gasteiger partial charge on any atom is 0.0496 e. The molecule has 1 nitrogen and oxygen atoms in total. The lowest BCUT2D eigenvalue weighted by molar-refractivity contribution is 0.423. The third kappa shape index (κ3) is 5.68. The van der Waals surface area contributed by atoms with Crippen molar-refractivity contribution in [2.24, 2.45) is 5.41 Å². The Morgan fingerprint density at radius 2 is 0.829 bits per heavy atom. The Balaban J connectivity index is 0.000000142. The van der Waals surface area contributed by atoms with Gasteiger partial charge in [0.2, 0.25) is 0 Å². The largest absolute Gasteiger partial charge is 0.335 e. The van der Waals surface area contributed by atoms with E-state index in [1.165, 1.54) is 44.1 Å². The molecule has 5 aromatic rings. The van der Waals surface area contributed by atoms with Gasteiger partial charge in [0.15, 0.2) is 0 Å². The number of fused-ring (bicyclic) bond motifs is 6. The quantitative estimate of drug-likeness (QED) is 0.212. The first-order chi connectivity index (χ1) is 16.5. The summed E-state index contributed by atoms with van der Waals surface area (Å²) >= 11 is 0. The predicted molar refractivity (Wildman–Crippen MR) is 154 cm³/mol. The summed E-state index contributed by atoms with van der Waals surface area (Å²) < 4.78 is 2.43. The fourth-order valence-electron chi connectivity index (χ4n) is 4.72. The topological polar surface area (TPSA) is 4.93 Å². The lowest BCUT2D eigenvalue weighted by Gasteiger charge is -2.24. The Labute approximate surface area is 211 Å². The molecular formula is C34H39N. The molecule has 0 amide bonds. The molecule has 6 rings (SSSR count). The van der Waals surface area contributed by atoms with Crippen molar-refractivity contribution in [2.75, 3.05) is 0 Å². The molecule has 0 saturated carbocycles. The molecule has 1 aliphatic rings. The summed E-state index contributed by atoms with van der Waals surface area (Å²) in [6.45, 7) is 15.5. The molecule has 0 bridgehead atoms. The Morgan fingerprint density at radius 1 is 0.486 bits per heavy atom. The number of hydrogen-bond acceptors (Lipinski definition) is 0. The van der Waals surface area contributed by atoms with Crippen molar-refractivity contribution in [3.8, 4) is 11.1 Å². The van der Waals surface area contributed by atoms with Gasteiger partial charge in [-0.2, -0.15) is 0 Å². The van der Waals surface area contributed by atoms with Crippen LogP contribution in [0.2, 0.25) is 0 Å². The molecule has 0 N–H and O–H groups in total. The maximum atomic E-state index is 2.43. The summed E-state index contributed by atoms with van der Waals surface area (Å²) in [5.74, 6) is 0. The highest BCUT2D eigenvalue weighted by Crippen LogP contribution is 2.36. The van der Waals surface area contributed by atoms with Crippen LogP contribution in [-0.2, 0) is 12.0 Å². The Kier molecular flexibility index (Phi) is 6.90. The van der Waals surface area contributed by atoms with E-state index in [0.29, 0.717) is 5.41 Å². The van der Waals surface area contributed by atoms with Crippen LogP contribution in [0.5, 0.6) is 0 Å². The SMILES string of the molecule is CC(C)(C)C.CC(C)(C)n1c2ccccc2c2ccccc21.c1ccc2c(c1)Cc1ccccc1-2. The summed E-state index contributed by atoms with van der Waals surface area (Å²) in [7, 11) is 0. The molecule has 0 radical (unpaired) electrons.